The van der Waals surface area contributed by atoms with Crippen molar-refractivity contribution in [3.05, 3.63) is 78.5 Å². The van der Waals surface area contributed by atoms with Gasteiger partial charge >= 0.3 is 0 Å². The second kappa shape index (κ2) is 10.5. The molecule has 1 atom stereocenters. The fraction of sp³-hybridized carbons (Fsp3) is 0.393. The Kier molecular flexibility index (Phi) is 7.39. The first-order chi connectivity index (χ1) is 16.4. The van der Waals surface area contributed by atoms with Crippen LogP contribution < -0.4 is 9.47 Å². The van der Waals surface area contributed by atoms with Gasteiger partial charge in [-0.2, -0.15) is 5.10 Å². The molecule has 1 fully saturated rings. The third kappa shape index (κ3) is 5.88. The Morgan fingerprint density at radius 1 is 1.18 bits per heavy atom. The van der Waals surface area contributed by atoms with Crippen molar-refractivity contribution in [1.29, 1.82) is 0 Å². The van der Waals surface area contributed by atoms with Crippen LogP contribution in [0.3, 0.4) is 0 Å². The molecule has 2 aromatic carbocycles. The number of hydrogen-bond acceptors (Lipinski definition) is 5. The van der Waals surface area contributed by atoms with E-state index in [2.05, 4.69) is 18.4 Å². The minimum absolute atomic E-state index is 0.505. The third-order valence-electron chi connectivity index (χ3n) is 6.19. The summed E-state index contributed by atoms with van der Waals surface area (Å²) in [6.07, 6.45) is 4.88. The number of nitrogens with zero attached hydrogens (tertiary/aromatic N) is 3. The van der Waals surface area contributed by atoms with Crippen LogP contribution in [0.2, 0.25) is 0 Å². The Bertz CT molecular complexity index is 1100. The summed E-state index contributed by atoms with van der Waals surface area (Å²) in [5.41, 5.74) is 1.99. The van der Waals surface area contributed by atoms with Gasteiger partial charge in [-0.25, -0.2) is 4.68 Å². The molecule has 180 valence electrons. The number of para-hydroxylation sites is 1. The van der Waals surface area contributed by atoms with Crippen LogP contribution in [0.25, 0.3) is 5.69 Å². The average molecular weight is 462 g/mol. The van der Waals surface area contributed by atoms with Crippen molar-refractivity contribution in [2.45, 2.75) is 45.3 Å². The molecule has 0 saturated heterocycles. The molecule has 34 heavy (non-hydrogen) atoms. The molecule has 1 heterocycles. The predicted octanol–water partition coefficient (Wildman–Crippen LogP) is 5.38. The highest BCUT2D eigenvalue weighted by atomic mass is 16.5. The standard InChI is InChI=1S/C28H35N3O3/c1-5-26-25(19-30(18-21-15-16-21)20-28(3,32)6-2)27(31(29-26)22-11-8-7-9-12-22)34-24-14-10-13-23(17-24)33-4/h6-14,17,21,32H,2,5,15-16,18-20H2,1,3-4H3/t28-/m0/s1. The Morgan fingerprint density at radius 2 is 1.91 bits per heavy atom. The molecular formula is C28H35N3O3. The van der Waals surface area contributed by atoms with Crippen molar-refractivity contribution >= 4 is 0 Å². The SMILES string of the molecule is C=C[C@](C)(O)CN(Cc1c(CC)nn(-c2ccccc2)c1Oc1cccc(OC)c1)CC1CC1. The Labute approximate surface area is 202 Å². The van der Waals surface area contributed by atoms with E-state index in [4.69, 9.17) is 14.6 Å². The van der Waals surface area contributed by atoms with E-state index >= 15 is 0 Å². The Balaban J connectivity index is 1.76. The van der Waals surface area contributed by atoms with Crippen LogP contribution in [-0.4, -0.2) is 45.6 Å². The molecule has 0 unspecified atom stereocenters. The van der Waals surface area contributed by atoms with Gasteiger partial charge in [-0.1, -0.05) is 37.3 Å². The molecule has 4 rings (SSSR count). The summed E-state index contributed by atoms with van der Waals surface area (Å²) in [5.74, 6) is 2.79. The predicted molar refractivity (Wildman–Crippen MR) is 135 cm³/mol. The molecule has 0 radical (unpaired) electrons. The zero-order chi connectivity index (χ0) is 24.1. The maximum absolute atomic E-state index is 10.8. The molecule has 1 N–H and O–H groups in total. The number of aryl methyl sites for hydroxylation is 1. The lowest BCUT2D eigenvalue weighted by molar-refractivity contribution is 0.0564. The summed E-state index contributed by atoms with van der Waals surface area (Å²) in [4.78, 5) is 2.31. The molecule has 1 aliphatic carbocycles. The number of aliphatic hydroxyl groups is 1. The molecule has 0 spiro atoms. The number of benzene rings is 2. The van der Waals surface area contributed by atoms with Gasteiger partial charge in [-0.05, 0) is 56.4 Å². The zero-order valence-electron chi connectivity index (χ0n) is 20.4. The lowest BCUT2D eigenvalue weighted by Crippen LogP contribution is -2.40. The fourth-order valence-corrected chi connectivity index (χ4v) is 4.14. The second-order valence-corrected chi connectivity index (χ2v) is 9.29. The van der Waals surface area contributed by atoms with E-state index in [1.807, 2.05) is 66.2 Å². The summed E-state index contributed by atoms with van der Waals surface area (Å²) in [7, 11) is 1.65. The lowest BCUT2D eigenvalue weighted by Gasteiger charge is -2.30. The van der Waals surface area contributed by atoms with Crippen LogP contribution in [0.15, 0.2) is 67.3 Å². The number of ether oxygens (including phenoxy) is 2. The van der Waals surface area contributed by atoms with Gasteiger partial charge in [0, 0.05) is 25.7 Å². The van der Waals surface area contributed by atoms with Crippen molar-refractivity contribution in [2.24, 2.45) is 5.92 Å². The van der Waals surface area contributed by atoms with E-state index in [9.17, 15) is 5.11 Å². The highest BCUT2D eigenvalue weighted by Gasteiger charge is 2.30. The van der Waals surface area contributed by atoms with Crippen LogP contribution in [0, 0.1) is 5.92 Å². The van der Waals surface area contributed by atoms with E-state index in [1.54, 1.807) is 13.2 Å². The van der Waals surface area contributed by atoms with Crippen molar-refractivity contribution in [1.82, 2.24) is 14.7 Å². The first-order valence-corrected chi connectivity index (χ1v) is 12.0. The van der Waals surface area contributed by atoms with Gasteiger partial charge in [-0.15, -0.1) is 6.58 Å². The van der Waals surface area contributed by atoms with Crippen LogP contribution in [-0.2, 0) is 13.0 Å². The summed E-state index contributed by atoms with van der Waals surface area (Å²) >= 11 is 0. The topological polar surface area (TPSA) is 59.8 Å². The minimum atomic E-state index is -0.968. The third-order valence-corrected chi connectivity index (χ3v) is 6.19. The maximum Gasteiger partial charge on any atom is 0.227 e. The van der Waals surface area contributed by atoms with Gasteiger partial charge in [0.2, 0.25) is 5.88 Å². The summed E-state index contributed by atoms with van der Waals surface area (Å²) in [5, 5.41) is 15.7. The number of hydrogen-bond donors (Lipinski definition) is 1. The van der Waals surface area contributed by atoms with Crippen LogP contribution in [0.1, 0.15) is 37.9 Å². The van der Waals surface area contributed by atoms with Crippen molar-refractivity contribution in [2.75, 3.05) is 20.2 Å². The van der Waals surface area contributed by atoms with Crippen molar-refractivity contribution in [3.8, 4) is 23.1 Å². The molecular weight excluding hydrogens is 426 g/mol. The molecule has 6 heteroatoms. The van der Waals surface area contributed by atoms with Gasteiger partial charge in [0.25, 0.3) is 0 Å². The summed E-state index contributed by atoms with van der Waals surface area (Å²) in [6.45, 7) is 9.82. The van der Waals surface area contributed by atoms with Crippen molar-refractivity contribution in [3.63, 3.8) is 0 Å². The van der Waals surface area contributed by atoms with Crippen LogP contribution in [0.4, 0.5) is 0 Å². The maximum atomic E-state index is 10.8. The fourth-order valence-electron chi connectivity index (χ4n) is 4.14. The van der Waals surface area contributed by atoms with Gasteiger partial charge in [-0.3, -0.25) is 4.90 Å². The molecule has 0 amide bonds. The second-order valence-electron chi connectivity index (χ2n) is 9.29. The Hall–Kier alpha value is -3.09. The summed E-state index contributed by atoms with van der Waals surface area (Å²) in [6, 6.07) is 17.7. The smallest absolute Gasteiger partial charge is 0.227 e. The van der Waals surface area contributed by atoms with Gasteiger partial charge in [0.05, 0.1) is 29.7 Å². The van der Waals surface area contributed by atoms with Crippen LogP contribution in [0.5, 0.6) is 17.4 Å². The van der Waals surface area contributed by atoms with E-state index in [0.717, 1.165) is 35.7 Å². The molecule has 1 saturated carbocycles. The average Bonchev–Trinajstić information content (AvgIpc) is 3.60. The van der Waals surface area contributed by atoms with E-state index < -0.39 is 5.60 Å². The first kappa shape index (κ1) is 24.0. The molecule has 0 aliphatic heterocycles. The first-order valence-electron chi connectivity index (χ1n) is 12.0. The molecule has 1 aliphatic rings. The van der Waals surface area contributed by atoms with Gasteiger partial charge in [0.15, 0.2) is 0 Å². The van der Waals surface area contributed by atoms with Crippen molar-refractivity contribution < 1.29 is 14.6 Å². The summed E-state index contributed by atoms with van der Waals surface area (Å²) < 4.78 is 13.8. The number of rotatable bonds is 12. The Morgan fingerprint density at radius 3 is 2.56 bits per heavy atom. The molecule has 6 nitrogen and oxygen atoms in total. The lowest BCUT2D eigenvalue weighted by atomic mass is 10.1. The normalized spacial score (nSPS) is 15.2. The van der Waals surface area contributed by atoms with Gasteiger partial charge < -0.3 is 14.6 Å². The number of methoxy groups -OCH3 is 1. The quantitative estimate of drug-likeness (QED) is 0.367. The van der Waals surface area contributed by atoms with Gasteiger partial charge in [0.1, 0.15) is 11.5 Å². The highest BCUT2D eigenvalue weighted by Crippen LogP contribution is 2.35. The van der Waals surface area contributed by atoms with E-state index in [0.29, 0.717) is 30.6 Å². The number of aromatic nitrogens is 2. The van der Waals surface area contributed by atoms with E-state index in [1.165, 1.54) is 12.8 Å². The van der Waals surface area contributed by atoms with Crippen LogP contribution >= 0.6 is 0 Å². The highest BCUT2D eigenvalue weighted by molar-refractivity contribution is 5.44. The zero-order valence-corrected chi connectivity index (χ0v) is 20.4. The minimum Gasteiger partial charge on any atom is -0.497 e. The molecule has 3 aromatic rings. The van der Waals surface area contributed by atoms with E-state index in [-0.39, 0.29) is 0 Å². The molecule has 0 bridgehead atoms. The molecule has 1 aromatic heterocycles. The largest absolute Gasteiger partial charge is 0.497 e. The monoisotopic (exact) mass is 461 g/mol.